The molecule has 1 N–H and O–H groups in total. The van der Waals surface area contributed by atoms with Crippen molar-refractivity contribution in [2.45, 2.75) is 65.1 Å². The van der Waals surface area contributed by atoms with E-state index in [1.165, 1.54) is 24.5 Å². The quantitative estimate of drug-likeness (QED) is 0.289. The number of halogens is 2. The van der Waals surface area contributed by atoms with E-state index < -0.39 is 11.6 Å². The number of aryl methyl sites for hydroxylation is 1. The van der Waals surface area contributed by atoms with E-state index in [0.717, 1.165) is 44.8 Å². The summed E-state index contributed by atoms with van der Waals surface area (Å²) < 4.78 is 31.9. The molecule has 4 heterocycles. The molecule has 10 heteroatoms. The zero-order chi connectivity index (χ0) is 28.0. The topological polar surface area (TPSA) is 75.0 Å². The van der Waals surface area contributed by atoms with Crippen LogP contribution in [0.4, 0.5) is 20.5 Å². The molecule has 0 amide bonds. The fourth-order valence-corrected chi connectivity index (χ4v) is 6.04. The molecule has 1 saturated heterocycles. The van der Waals surface area contributed by atoms with Gasteiger partial charge in [0.15, 0.2) is 11.6 Å². The molecule has 0 spiro atoms. The van der Waals surface area contributed by atoms with Crippen LogP contribution in [0.5, 0.6) is 0 Å². The number of imidazole rings is 1. The van der Waals surface area contributed by atoms with Gasteiger partial charge in [0, 0.05) is 56.1 Å². The molecule has 210 valence electrons. The molecule has 3 aromatic heterocycles. The first-order valence-electron chi connectivity index (χ1n) is 14.2. The van der Waals surface area contributed by atoms with Gasteiger partial charge in [0.25, 0.3) is 0 Å². The van der Waals surface area contributed by atoms with E-state index in [0.29, 0.717) is 28.8 Å². The minimum atomic E-state index is -0.632. The normalized spacial score (nSPS) is 17.6. The summed E-state index contributed by atoms with van der Waals surface area (Å²) in [6.45, 7) is 12.5. The van der Waals surface area contributed by atoms with Gasteiger partial charge in [0.05, 0.1) is 11.7 Å². The molecule has 1 aliphatic heterocycles. The number of piperazine rings is 1. The third-order valence-electron chi connectivity index (χ3n) is 8.11. The Morgan fingerprint density at radius 2 is 1.75 bits per heavy atom. The lowest BCUT2D eigenvalue weighted by Crippen LogP contribution is -2.48. The number of nitrogens with one attached hydrogen (secondary N) is 1. The molecule has 4 aromatic rings. The third-order valence-corrected chi connectivity index (χ3v) is 8.11. The van der Waals surface area contributed by atoms with Gasteiger partial charge in [0.1, 0.15) is 22.9 Å². The first-order valence-corrected chi connectivity index (χ1v) is 14.2. The predicted octanol–water partition coefficient (Wildman–Crippen LogP) is 6.03. The summed E-state index contributed by atoms with van der Waals surface area (Å²) in [5.41, 5.74) is 2.38. The van der Waals surface area contributed by atoms with Crippen LogP contribution < -0.4 is 5.32 Å². The van der Waals surface area contributed by atoms with Crippen LogP contribution in [0.25, 0.3) is 22.3 Å². The maximum Gasteiger partial charge on any atom is 0.229 e. The number of hydrogen-bond donors (Lipinski definition) is 1. The largest absolute Gasteiger partial charge is 0.326 e. The summed E-state index contributed by atoms with van der Waals surface area (Å²) in [4.78, 5) is 22.7. The molecule has 0 bridgehead atoms. The average molecular weight is 547 g/mol. The van der Waals surface area contributed by atoms with Gasteiger partial charge >= 0.3 is 0 Å². The van der Waals surface area contributed by atoms with Gasteiger partial charge in [-0.3, -0.25) is 9.80 Å². The van der Waals surface area contributed by atoms with Crippen molar-refractivity contribution in [2.75, 3.05) is 31.5 Å². The second-order valence-corrected chi connectivity index (χ2v) is 11.2. The van der Waals surface area contributed by atoms with Crippen molar-refractivity contribution in [3.8, 4) is 11.3 Å². The highest BCUT2D eigenvalue weighted by atomic mass is 19.1. The fraction of sp³-hybridized carbons (Fsp3) is 0.467. The first-order chi connectivity index (χ1) is 19.3. The third kappa shape index (κ3) is 5.17. The maximum absolute atomic E-state index is 15.0. The summed E-state index contributed by atoms with van der Waals surface area (Å²) in [5, 5.41) is 3.08. The Hall–Kier alpha value is -3.50. The van der Waals surface area contributed by atoms with Gasteiger partial charge in [-0.2, -0.15) is 0 Å². The van der Waals surface area contributed by atoms with Crippen LogP contribution in [0.2, 0.25) is 0 Å². The lowest BCUT2D eigenvalue weighted by Gasteiger charge is -2.39. The summed E-state index contributed by atoms with van der Waals surface area (Å²) >= 11 is 0. The highest BCUT2D eigenvalue weighted by molar-refractivity contribution is 5.83. The zero-order valence-electron chi connectivity index (χ0n) is 23.5. The number of fused-ring (bicyclic) bond motifs is 1. The number of rotatable bonds is 8. The SMILES string of the molecule is CC[C@@H](c1ccc(Nc2ncc(F)c(-c3cc(F)c4nc(C)n(C(C)C)c4c3)n2)nc1)N1CCN(C2CC2)CC1. The monoisotopic (exact) mass is 546 g/mol. The van der Waals surface area contributed by atoms with E-state index in [9.17, 15) is 4.39 Å². The lowest BCUT2D eigenvalue weighted by molar-refractivity contribution is 0.0892. The number of hydrogen-bond acceptors (Lipinski definition) is 7. The molecule has 2 fully saturated rings. The smallest absolute Gasteiger partial charge is 0.229 e. The van der Waals surface area contributed by atoms with Crippen molar-refractivity contribution in [2.24, 2.45) is 0 Å². The van der Waals surface area contributed by atoms with Crippen LogP contribution in [0.3, 0.4) is 0 Å². The zero-order valence-corrected chi connectivity index (χ0v) is 23.5. The van der Waals surface area contributed by atoms with Gasteiger partial charge in [-0.25, -0.2) is 28.7 Å². The standard InChI is InChI=1S/C30H36F2N8/c1-5-25(39-12-10-38(11-13-39)22-7-8-22)20-6-9-27(33-16-20)36-30-34-17-24(32)28(37-30)21-14-23(31)29-26(15-21)40(18(2)3)19(4)35-29/h6,9,14-18,22,25H,5,7-8,10-13H2,1-4H3,(H,33,34,36,37)/t25-/m0/s1. The van der Waals surface area contributed by atoms with E-state index >= 15 is 4.39 Å². The van der Waals surface area contributed by atoms with Crippen molar-refractivity contribution in [1.29, 1.82) is 0 Å². The average Bonchev–Trinajstić information content (AvgIpc) is 3.73. The molecule has 0 radical (unpaired) electrons. The van der Waals surface area contributed by atoms with Gasteiger partial charge in [-0.1, -0.05) is 13.0 Å². The fourth-order valence-electron chi connectivity index (χ4n) is 6.04. The highest BCUT2D eigenvalue weighted by Crippen LogP contribution is 2.32. The molecule has 1 aromatic carbocycles. The van der Waals surface area contributed by atoms with E-state index in [-0.39, 0.29) is 23.2 Å². The first kappa shape index (κ1) is 26.7. The molecule has 40 heavy (non-hydrogen) atoms. The summed E-state index contributed by atoms with van der Waals surface area (Å²) in [6.07, 6.45) is 6.71. The molecular formula is C30H36F2N8. The van der Waals surface area contributed by atoms with E-state index in [2.05, 4.69) is 48.0 Å². The van der Waals surface area contributed by atoms with Gasteiger partial charge in [0.2, 0.25) is 5.95 Å². The Kier molecular flexibility index (Phi) is 7.22. The van der Waals surface area contributed by atoms with Crippen molar-refractivity contribution in [1.82, 2.24) is 34.3 Å². The number of pyridine rings is 1. The summed E-state index contributed by atoms with van der Waals surface area (Å²) in [6, 6.07) is 8.20. The Bertz CT molecular complexity index is 1500. The number of aromatic nitrogens is 5. The predicted molar refractivity (Wildman–Crippen MR) is 153 cm³/mol. The number of nitrogens with zero attached hydrogens (tertiary/aromatic N) is 7. The summed E-state index contributed by atoms with van der Waals surface area (Å²) in [5.74, 6) is 0.303. The second-order valence-electron chi connectivity index (χ2n) is 11.2. The van der Waals surface area contributed by atoms with E-state index in [1.54, 1.807) is 6.07 Å². The molecule has 6 rings (SSSR count). The van der Waals surface area contributed by atoms with Gasteiger partial charge in [-0.15, -0.1) is 0 Å². The minimum Gasteiger partial charge on any atom is -0.326 e. The molecule has 1 saturated carbocycles. The van der Waals surface area contributed by atoms with Crippen LogP contribution in [0.15, 0.2) is 36.7 Å². The number of anilines is 2. The van der Waals surface area contributed by atoms with Crippen molar-refractivity contribution in [3.63, 3.8) is 0 Å². The van der Waals surface area contributed by atoms with Gasteiger partial charge < -0.3 is 9.88 Å². The molecular weight excluding hydrogens is 510 g/mol. The Labute approximate surface area is 233 Å². The summed E-state index contributed by atoms with van der Waals surface area (Å²) in [7, 11) is 0. The molecule has 1 atom stereocenters. The van der Waals surface area contributed by atoms with Crippen LogP contribution in [-0.4, -0.2) is 66.5 Å². The van der Waals surface area contributed by atoms with E-state index in [1.807, 2.05) is 37.6 Å². The minimum absolute atomic E-state index is 0.0143. The Morgan fingerprint density at radius 1 is 0.975 bits per heavy atom. The van der Waals surface area contributed by atoms with Crippen LogP contribution >= 0.6 is 0 Å². The molecule has 8 nitrogen and oxygen atoms in total. The molecule has 1 aliphatic carbocycles. The molecule has 2 aliphatic rings. The van der Waals surface area contributed by atoms with Crippen molar-refractivity contribution >= 4 is 22.8 Å². The Balaban J connectivity index is 1.21. The lowest BCUT2D eigenvalue weighted by atomic mass is 10.0. The van der Waals surface area contributed by atoms with Crippen LogP contribution in [0.1, 0.15) is 63.5 Å². The van der Waals surface area contributed by atoms with Gasteiger partial charge in [-0.05, 0) is 63.8 Å². The van der Waals surface area contributed by atoms with E-state index in [4.69, 9.17) is 0 Å². The molecule has 0 unspecified atom stereocenters. The van der Waals surface area contributed by atoms with Crippen LogP contribution in [0, 0.1) is 18.6 Å². The maximum atomic E-state index is 15.0. The second kappa shape index (κ2) is 10.8. The Morgan fingerprint density at radius 3 is 2.40 bits per heavy atom. The highest BCUT2D eigenvalue weighted by Gasteiger charge is 2.33. The van der Waals surface area contributed by atoms with Crippen molar-refractivity contribution in [3.05, 3.63) is 59.7 Å². The van der Waals surface area contributed by atoms with Crippen LogP contribution in [-0.2, 0) is 0 Å². The number of benzene rings is 1. The van der Waals surface area contributed by atoms with Crippen molar-refractivity contribution < 1.29 is 8.78 Å².